The van der Waals surface area contributed by atoms with Crippen LogP contribution in [0, 0.1) is 11.3 Å². The predicted molar refractivity (Wildman–Crippen MR) is 74.7 cm³/mol. The first-order chi connectivity index (χ1) is 9.74. The van der Waals surface area contributed by atoms with E-state index in [9.17, 15) is 4.79 Å². The summed E-state index contributed by atoms with van der Waals surface area (Å²) in [5.41, 5.74) is 1.03. The van der Waals surface area contributed by atoms with Crippen molar-refractivity contribution in [1.29, 1.82) is 5.26 Å². The van der Waals surface area contributed by atoms with E-state index in [-0.39, 0.29) is 24.6 Å². The number of methoxy groups -OCH3 is 1. The Morgan fingerprint density at radius 3 is 2.85 bits per heavy atom. The molecule has 0 saturated carbocycles. The molecule has 0 spiro atoms. The van der Waals surface area contributed by atoms with Gasteiger partial charge in [-0.1, -0.05) is 30.3 Å². The first-order valence-electron chi connectivity index (χ1n) is 6.70. The Kier molecular flexibility index (Phi) is 5.10. The molecule has 5 heteroatoms. The lowest BCUT2D eigenvalue weighted by atomic mass is 10.1. The van der Waals surface area contributed by atoms with E-state index in [2.05, 4.69) is 11.4 Å². The number of nitriles is 1. The molecule has 1 heterocycles. The summed E-state index contributed by atoms with van der Waals surface area (Å²) in [5.74, 6) is -0.0325. The Balaban J connectivity index is 2.01. The van der Waals surface area contributed by atoms with E-state index in [1.807, 2.05) is 30.3 Å². The van der Waals surface area contributed by atoms with Crippen LogP contribution in [0.4, 0.5) is 0 Å². The normalized spacial score (nSPS) is 21.4. The number of carbonyl (C=O) groups is 1. The molecule has 0 bridgehead atoms. The van der Waals surface area contributed by atoms with Crippen LogP contribution >= 0.6 is 0 Å². The van der Waals surface area contributed by atoms with E-state index in [1.54, 1.807) is 12.0 Å². The van der Waals surface area contributed by atoms with Gasteiger partial charge in [0.2, 0.25) is 5.91 Å². The van der Waals surface area contributed by atoms with Crippen LogP contribution in [0.5, 0.6) is 0 Å². The first-order valence-corrected chi connectivity index (χ1v) is 6.70. The molecule has 1 amide bonds. The van der Waals surface area contributed by atoms with Crippen LogP contribution in [0.2, 0.25) is 0 Å². The van der Waals surface area contributed by atoms with Gasteiger partial charge in [0.1, 0.15) is 6.54 Å². The highest BCUT2D eigenvalue weighted by Crippen LogP contribution is 2.14. The quantitative estimate of drug-likeness (QED) is 0.810. The zero-order valence-electron chi connectivity index (χ0n) is 11.6. The summed E-state index contributed by atoms with van der Waals surface area (Å²) >= 11 is 0. The zero-order valence-corrected chi connectivity index (χ0v) is 11.6. The fourth-order valence-electron chi connectivity index (χ4n) is 2.39. The summed E-state index contributed by atoms with van der Waals surface area (Å²) in [4.78, 5) is 14.0. The number of amides is 1. The molecule has 1 fully saturated rings. The standard InChI is InChI=1S/C15H19N3O2/c1-20-13-9-14(17-10-13)15(19)18(8-7-16)11-12-5-3-2-4-6-12/h2-6,13-14,17H,8-11H2,1H3. The molecule has 5 nitrogen and oxygen atoms in total. The molecule has 20 heavy (non-hydrogen) atoms. The number of nitrogens with one attached hydrogen (secondary N) is 1. The minimum Gasteiger partial charge on any atom is -0.380 e. The summed E-state index contributed by atoms with van der Waals surface area (Å²) in [6, 6.07) is 11.5. The molecule has 1 N–H and O–H groups in total. The molecule has 0 aromatic heterocycles. The third kappa shape index (κ3) is 3.56. The van der Waals surface area contributed by atoms with Gasteiger partial charge in [-0.3, -0.25) is 4.79 Å². The van der Waals surface area contributed by atoms with Gasteiger partial charge in [0.15, 0.2) is 0 Å². The molecule has 106 valence electrons. The molecule has 1 aromatic carbocycles. The molecule has 0 radical (unpaired) electrons. The summed E-state index contributed by atoms with van der Waals surface area (Å²) < 4.78 is 5.25. The number of hydrogen-bond donors (Lipinski definition) is 1. The molecule has 2 rings (SSSR count). The van der Waals surface area contributed by atoms with Gasteiger partial charge in [-0.2, -0.15) is 5.26 Å². The van der Waals surface area contributed by atoms with Crippen LogP contribution < -0.4 is 5.32 Å². The van der Waals surface area contributed by atoms with E-state index in [1.165, 1.54) is 0 Å². The van der Waals surface area contributed by atoms with Crippen molar-refractivity contribution in [2.45, 2.75) is 25.1 Å². The Morgan fingerprint density at radius 1 is 1.50 bits per heavy atom. The maximum atomic E-state index is 12.5. The minimum absolute atomic E-state index is 0.0325. The van der Waals surface area contributed by atoms with Gasteiger partial charge in [0, 0.05) is 20.2 Å². The topological polar surface area (TPSA) is 65.4 Å². The maximum Gasteiger partial charge on any atom is 0.240 e. The van der Waals surface area contributed by atoms with Crippen molar-refractivity contribution in [3.63, 3.8) is 0 Å². The van der Waals surface area contributed by atoms with Crippen molar-refractivity contribution in [3.8, 4) is 6.07 Å². The molecular formula is C15H19N3O2. The maximum absolute atomic E-state index is 12.5. The Hall–Kier alpha value is -1.90. The molecule has 1 saturated heterocycles. The summed E-state index contributed by atoms with van der Waals surface area (Å²) in [5, 5.41) is 12.1. The fraction of sp³-hybridized carbons (Fsp3) is 0.467. The smallest absolute Gasteiger partial charge is 0.240 e. The lowest BCUT2D eigenvalue weighted by Crippen LogP contribution is -2.43. The first kappa shape index (κ1) is 14.5. The summed E-state index contributed by atoms with van der Waals surface area (Å²) in [6.45, 7) is 1.24. The highest BCUT2D eigenvalue weighted by atomic mass is 16.5. The van der Waals surface area contributed by atoms with Crippen LogP contribution in [0.25, 0.3) is 0 Å². The summed E-state index contributed by atoms with van der Waals surface area (Å²) in [6.07, 6.45) is 0.732. The van der Waals surface area contributed by atoms with Crippen molar-refractivity contribution in [2.24, 2.45) is 0 Å². The van der Waals surface area contributed by atoms with Crippen LogP contribution in [-0.2, 0) is 16.1 Å². The highest BCUT2D eigenvalue weighted by Gasteiger charge is 2.32. The molecular weight excluding hydrogens is 254 g/mol. The lowest BCUT2D eigenvalue weighted by Gasteiger charge is -2.23. The third-order valence-corrected chi connectivity index (χ3v) is 3.51. The monoisotopic (exact) mass is 273 g/mol. The number of benzene rings is 1. The SMILES string of the molecule is COC1CNC(C(=O)N(CC#N)Cc2ccccc2)C1. The second kappa shape index (κ2) is 7.04. The number of nitrogens with zero attached hydrogens (tertiary/aromatic N) is 2. The van der Waals surface area contributed by atoms with Crippen molar-refractivity contribution in [1.82, 2.24) is 10.2 Å². The van der Waals surface area contributed by atoms with Crippen molar-refractivity contribution < 1.29 is 9.53 Å². The Labute approximate surface area is 119 Å². The molecule has 1 aliphatic rings. The molecule has 2 unspecified atom stereocenters. The van der Waals surface area contributed by atoms with Crippen LogP contribution in [0.1, 0.15) is 12.0 Å². The van der Waals surface area contributed by atoms with Gasteiger partial charge in [0.05, 0.1) is 18.2 Å². The van der Waals surface area contributed by atoms with Gasteiger partial charge < -0.3 is 15.0 Å². The zero-order chi connectivity index (χ0) is 14.4. The van der Waals surface area contributed by atoms with E-state index >= 15 is 0 Å². The van der Waals surface area contributed by atoms with Crippen molar-refractivity contribution >= 4 is 5.91 Å². The van der Waals surface area contributed by atoms with E-state index in [0.717, 1.165) is 5.56 Å². The Morgan fingerprint density at radius 2 is 2.25 bits per heavy atom. The average Bonchev–Trinajstić information content (AvgIpc) is 2.96. The van der Waals surface area contributed by atoms with Gasteiger partial charge in [-0.05, 0) is 12.0 Å². The molecule has 1 aromatic rings. The minimum atomic E-state index is -0.253. The largest absolute Gasteiger partial charge is 0.380 e. The second-order valence-electron chi connectivity index (χ2n) is 4.89. The third-order valence-electron chi connectivity index (χ3n) is 3.51. The average molecular weight is 273 g/mol. The molecule has 2 atom stereocenters. The lowest BCUT2D eigenvalue weighted by molar-refractivity contribution is -0.133. The van der Waals surface area contributed by atoms with Gasteiger partial charge >= 0.3 is 0 Å². The van der Waals surface area contributed by atoms with E-state index < -0.39 is 0 Å². The van der Waals surface area contributed by atoms with Crippen molar-refractivity contribution in [2.75, 3.05) is 20.2 Å². The number of ether oxygens (including phenoxy) is 1. The van der Waals surface area contributed by atoms with Gasteiger partial charge in [-0.15, -0.1) is 0 Å². The predicted octanol–water partition coefficient (Wildman–Crippen LogP) is 0.916. The highest BCUT2D eigenvalue weighted by molar-refractivity contribution is 5.82. The number of hydrogen-bond acceptors (Lipinski definition) is 4. The van der Waals surface area contributed by atoms with Gasteiger partial charge in [-0.25, -0.2) is 0 Å². The van der Waals surface area contributed by atoms with Gasteiger partial charge in [0.25, 0.3) is 0 Å². The van der Waals surface area contributed by atoms with Crippen LogP contribution in [0.3, 0.4) is 0 Å². The Bertz CT molecular complexity index is 484. The number of carbonyl (C=O) groups excluding carboxylic acids is 1. The molecule has 0 aliphatic carbocycles. The number of rotatable bonds is 5. The molecule has 1 aliphatic heterocycles. The van der Waals surface area contributed by atoms with Crippen LogP contribution in [0.15, 0.2) is 30.3 Å². The van der Waals surface area contributed by atoms with Crippen LogP contribution in [-0.4, -0.2) is 43.2 Å². The van der Waals surface area contributed by atoms with Crippen molar-refractivity contribution in [3.05, 3.63) is 35.9 Å². The summed E-state index contributed by atoms with van der Waals surface area (Å²) in [7, 11) is 1.65. The second-order valence-corrected chi connectivity index (χ2v) is 4.89. The van der Waals surface area contributed by atoms with E-state index in [0.29, 0.717) is 19.5 Å². The van der Waals surface area contributed by atoms with E-state index in [4.69, 9.17) is 10.00 Å². The fourth-order valence-corrected chi connectivity index (χ4v) is 2.39.